The zero-order chi connectivity index (χ0) is 18.9. The van der Waals surface area contributed by atoms with Crippen LogP contribution in [0.15, 0.2) is 34.2 Å². The topological polar surface area (TPSA) is 62.4 Å². The lowest BCUT2D eigenvalue weighted by atomic mass is 9.81. The first-order chi connectivity index (χ1) is 13.3. The summed E-state index contributed by atoms with van der Waals surface area (Å²) in [4.78, 5) is 6.29. The predicted octanol–water partition coefficient (Wildman–Crippen LogP) is 4.86. The highest BCUT2D eigenvalue weighted by Gasteiger charge is 2.21. The van der Waals surface area contributed by atoms with E-state index in [0.717, 1.165) is 24.7 Å². The molecule has 0 amide bonds. The quantitative estimate of drug-likeness (QED) is 0.370. The molecule has 0 bridgehead atoms. The molecule has 2 atom stereocenters. The number of thioether (sulfide) groups is 1. The highest BCUT2D eigenvalue weighted by molar-refractivity contribution is 7.98. The number of nitrogens with zero attached hydrogens (tertiary/aromatic N) is 1. The minimum absolute atomic E-state index is 0.551. The third-order valence-corrected chi connectivity index (χ3v) is 6.83. The van der Waals surface area contributed by atoms with Gasteiger partial charge in [-0.25, -0.2) is 0 Å². The maximum absolute atomic E-state index is 5.92. The molecule has 5 heteroatoms. The fraction of sp³-hybridized carbons (Fsp3) is 0.682. The van der Waals surface area contributed by atoms with Crippen LogP contribution >= 0.6 is 11.8 Å². The van der Waals surface area contributed by atoms with Crippen LogP contribution in [0.2, 0.25) is 0 Å². The Balaban J connectivity index is 1.68. The van der Waals surface area contributed by atoms with E-state index in [0.29, 0.717) is 17.9 Å². The van der Waals surface area contributed by atoms with Crippen molar-refractivity contribution in [1.29, 1.82) is 0 Å². The zero-order valence-electron chi connectivity index (χ0n) is 16.8. The minimum atomic E-state index is 0.551. The summed E-state index contributed by atoms with van der Waals surface area (Å²) in [5.41, 5.74) is 7.07. The van der Waals surface area contributed by atoms with Gasteiger partial charge in [-0.1, -0.05) is 37.8 Å². The summed E-state index contributed by atoms with van der Waals surface area (Å²) in [6, 6.07) is 9.05. The number of nitrogens with two attached hydrogens (primary N) is 1. The van der Waals surface area contributed by atoms with Crippen LogP contribution in [0, 0.1) is 11.8 Å². The molecule has 0 aromatic heterocycles. The molecule has 27 heavy (non-hydrogen) atoms. The molecule has 2 fully saturated rings. The van der Waals surface area contributed by atoms with Crippen molar-refractivity contribution in [1.82, 2.24) is 5.32 Å². The van der Waals surface area contributed by atoms with Crippen molar-refractivity contribution in [2.45, 2.75) is 68.7 Å². The molecule has 3 rings (SSSR count). The van der Waals surface area contributed by atoms with Gasteiger partial charge in [0.2, 0.25) is 0 Å². The Hall–Kier alpha value is -1.20. The van der Waals surface area contributed by atoms with Gasteiger partial charge in [-0.3, -0.25) is 4.99 Å². The monoisotopic (exact) mass is 388 g/mol. The Labute approximate surface area is 169 Å². The van der Waals surface area contributed by atoms with Crippen molar-refractivity contribution < 1.29 is 0 Å². The summed E-state index contributed by atoms with van der Waals surface area (Å²) in [6.45, 7) is 1.73. The lowest BCUT2D eigenvalue weighted by Crippen LogP contribution is -2.40. The first kappa shape index (κ1) is 20.5. The van der Waals surface area contributed by atoms with Crippen molar-refractivity contribution in [2.24, 2.45) is 22.6 Å². The van der Waals surface area contributed by atoms with Crippen LogP contribution in [0.1, 0.15) is 57.8 Å². The van der Waals surface area contributed by atoms with Crippen molar-refractivity contribution in [3.05, 3.63) is 24.3 Å². The molecule has 0 radical (unpaired) electrons. The number of para-hydroxylation sites is 1. The molecular weight excluding hydrogens is 352 g/mol. The summed E-state index contributed by atoms with van der Waals surface area (Å²) in [7, 11) is 0. The van der Waals surface area contributed by atoms with Gasteiger partial charge in [-0.05, 0) is 68.9 Å². The highest BCUT2D eigenvalue weighted by atomic mass is 32.2. The second-order valence-corrected chi connectivity index (χ2v) is 8.98. The van der Waals surface area contributed by atoms with Gasteiger partial charge in [0.25, 0.3) is 0 Å². The van der Waals surface area contributed by atoms with Crippen LogP contribution in [-0.4, -0.2) is 31.3 Å². The van der Waals surface area contributed by atoms with Crippen molar-refractivity contribution >= 4 is 23.4 Å². The van der Waals surface area contributed by atoms with E-state index >= 15 is 0 Å². The van der Waals surface area contributed by atoms with Gasteiger partial charge in [0.1, 0.15) is 0 Å². The van der Waals surface area contributed by atoms with Crippen molar-refractivity contribution in [3.63, 3.8) is 0 Å². The molecule has 0 heterocycles. The molecule has 4 nitrogen and oxygen atoms in total. The highest BCUT2D eigenvalue weighted by Crippen LogP contribution is 2.29. The van der Waals surface area contributed by atoms with E-state index in [9.17, 15) is 0 Å². The van der Waals surface area contributed by atoms with Crippen LogP contribution in [0.5, 0.6) is 0 Å². The second kappa shape index (κ2) is 11.0. The molecule has 1 aromatic carbocycles. The summed E-state index contributed by atoms with van der Waals surface area (Å²) in [6.07, 6.45) is 13.8. The third kappa shape index (κ3) is 6.42. The summed E-state index contributed by atoms with van der Waals surface area (Å²) in [5.74, 6) is 2.32. The number of benzene rings is 1. The number of guanidine groups is 1. The lowest BCUT2D eigenvalue weighted by Gasteiger charge is -2.28. The van der Waals surface area contributed by atoms with Crippen LogP contribution in [-0.2, 0) is 0 Å². The van der Waals surface area contributed by atoms with Crippen molar-refractivity contribution in [2.75, 3.05) is 24.7 Å². The Morgan fingerprint density at radius 1 is 1.07 bits per heavy atom. The Bertz CT molecular complexity index is 598. The van der Waals surface area contributed by atoms with Gasteiger partial charge >= 0.3 is 0 Å². The molecule has 2 aliphatic rings. The number of hydrogen-bond acceptors (Lipinski definition) is 3. The zero-order valence-corrected chi connectivity index (χ0v) is 17.6. The third-order valence-electron chi connectivity index (χ3n) is 6.04. The number of rotatable bonds is 6. The average Bonchev–Trinajstić information content (AvgIpc) is 2.73. The van der Waals surface area contributed by atoms with Gasteiger partial charge in [-0.15, -0.1) is 11.8 Å². The first-order valence-electron chi connectivity index (χ1n) is 10.7. The van der Waals surface area contributed by atoms with Crippen LogP contribution < -0.4 is 16.4 Å². The molecule has 0 saturated heterocycles. The Morgan fingerprint density at radius 2 is 1.85 bits per heavy atom. The molecule has 4 N–H and O–H groups in total. The smallest absolute Gasteiger partial charge is 0.196 e. The average molecular weight is 389 g/mol. The van der Waals surface area contributed by atoms with Gasteiger partial charge < -0.3 is 16.4 Å². The Morgan fingerprint density at radius 3 is 2.63 bits per heavy atom. The Kier molecular flexibility index (Phi) is 8.34. The number of nitrogens with one attached hydrogen (secondary N) is 2. The molecule has 1 aromatic rings. The van der Waals surface area contributed by atoms with E-state index in [-0.39, 0.29) is 0 Å². The summed E-state index contributed by atoms with van der Waals surface area (Å²) in [5, 5.41) is 7.33. The molecule has 2 aliphatic carbocycles. The van der Waals surface area contributed by atoms with Gasteiger partial charge in [0.05, 0.1) is 5.69 Å². The summed E-state index contributed by atoms with van der Waals surface area (Å²) < 4.78 is 0. The normalized spacial score (nSPS) is 24.6. The minimum Gasteiger partial charge on any atom is -0.353 e. The largest absolute Gasteiger partial charge is 0.353 e. The first-order valence-corrected chi connectivity index (χ1v) is 11.9. The van der Waals surface area contributed by atoms with E-state index in [2.05, 4.69) is 41.2 Å². The SMILES string of the molecule is CSc1ccccc1NC(=NCC1CCCC(CN)C1)NC1CCCCC1. The molecule has 150 valence electrons. The lowest BCUT2D eigenvalue weighted by molar-refractivity contribution is 0.277. The molecule has 0 spiro atoms. The maximum atomic E-state index is 5.92. The van der Waals surface area contributed by atoms with E-state index < -0.39 is 0 Å². The van der Waals surface area contributed by atoms with E-state index in [1.165, 1.54) is 62.7 Å². The molecular formula is C22H36N4S. The standard InChI is InChI=1S/C22H36N4S/c1-27-21-13-6-5-12-20(21)26-22(25-19-10-3-2-4-11-19)24-16-18-9-7-8-17(14-18)15-23/h5-6,12-13,17-19H,2-4,7-11,14-16,23H2,1H3,(H2,24,25,26). The van der Waals surface area contributed by atoms with Crippen LogP contribution in [0.25, 0.3) is 0 Å². The number of aliphatic imine (C=N–C) groups is 1. The molecule has 2 saturated carbocycles. The fourth-order valence-electron chi connectivity index (χ4n) is 4.44. The van der Waals surface area contributed by atoms with Crippen LogP contribution in [0.4, 0.5) is 5.69 Å². The second-order valence-electron chi connectivity index (χ2n) is 8.13. The van der Waals surface area contributed by atoms with Gasteiger partial charge in [-0.2, -0.15) is 0 Å². The molecule has 2 unspecified atom stereocenters. The molecule has 0 aliphatic heterocycles. The van der Waals surface area contributed by atoms with E-state index in [4.69, 9.17) is 10.7 Å². The fourth-order valence-corrected chi connectivity index (χ4v) is 4.99. The van der Waals surface area contributed by atoms with Gasteiger partial charge in [0, 0.05) is 17.5 Å². The number of hydrogen-bond donors (Lipinski definition) is 3. The van der Waals surface area contributed by atoms with Gasteiger partial charge in [0.15, 0.2) is 5.96 Å². The van der Waals surface area contributed by atoms with Crippen molar-refractivity contribution in [3.8, 4) is 0 Å². The number of anilines is 1. The van der Waals surface area contributed by atoms with E-state index in [1.54, 1.807) is 11.8 Å². The summed E-state index contributed by atoms with van der Waals surface area (Å²) >= 11 is 1.77. The van der Waals surface area contributed by atoms with E-state index in [1.807, 2.05) is 0 Å². The predicted molar refractivity (Wildman–Crippen MR) is 119 cm³/mol. The van der Waals surface area contributed by atoms with Crippen LogP contribution in [0.3, 0.4) is 0 Å². The maximum Gasteiger partial charge on any atom is 0.196 e.